The van der Waals surface area contributed by atoms with E-state index < -0.39 is 0 Å². The molecule has 1 aliphatic rings. The summed E-state index contributed by atoms with van der Waals surface area (Å²) in [6.07, 6.45) is 2.01. The van der Waals surface area contributed by atoms with Crippen LogP contribution < -0.4 is 10.2 Å². The first-order chi connectivity index (χ1) is 13.6. The zero-order valence-corrected chi connectivity index (χ0v) is 17.2. The molecule has 2 heterocycles. The van der Waals surface area contributed by atoms with E-state index in [1.807, 2.05) is 25.1 Å². The van der Waals surface area contributed by atoms with Gasteiger partial charge in [0, 0.05) is 32.6 Å². The minimum absolute atomic E-state index is 0.0565. The Balaban J connectivity index is 1.39. The second kappa shape index (κ2) is 9.75. The molecule has 1 atom stereocenters. The summed E-state index contributed by atoms with van der Waals surface area (Å²) in [4.78, 5) is 28.5. The van der Waals surface area contributed by atoms with Crippen LogP contribution in [0.1, 0.15) is 23.9 Å². The summed E-state index contributed by atoms with van der Waals surface area (Å²) in [5.41, 5.74) is 1.31. The predicted octanol–water partition coefficient (Wildman–Crippen LogP) is 1.74. The zero-order valence-electron chi connectivity index (χ0n) is 16.4. The molecule has 0 bridgehead atoms. The summed E-state index contributed by atoms with van der Waals surface area (Å²) >= 11 is 1.42. The van der Waals surface area contributed by atoms with E-state index in [0.29, 0.717) is 18.2 Å². The highest BCUT2D eigenvalue weighted by Crippen LogP contribution is 2.28. The quantitative estimate of drug-likeness (QED) is 0.693. The predicted molar refractivity (Wildman–Crippen MR) is 110 cm³/mol. The summed E-state index contributed by atoms with van der Waals surface area (Å²) in [5, 5.41) is 12.6. The first-order valence-electron chi connectivity index (χ1n) is 9.69. The van der Waals surface area contributed by atoms with E-state index >= 15 is 0 Å². The van der Waals surface area contributed by atoms with Gasteiger partial charge in [-0.1, -0.05) is 48.6 Å². The molecule has 1 aromatic heterocycles. The summed E-state index contributed by atoms with van der Waals surface area (Å²) in [6.45, 7) is 4.68. The van der Waals surface area contributed by atoms with Crippen molar-refractivity contribution in [3.05, 3.63) is 40.9 Å². The number of carbonyl (C=O) groups is 2. The van der Waals surface area contributed by atoms with Crippen LogP contribution in [-0.2, 0) is 22.4 Å². The third-order valence-corrected chi connectivity index (χ3v) is 5.99. The fraction of sp³-hybridized carbons (Fsp3) is 0.500. The van der Waals surface area contributed by atoms with Crippen molar-refractivity contribution in [3.8, 4) is 0 Å². The number of nitrogens with one attached hydrogen (secondary N) is 1. The van der Waals surface area contributed by atoms with Gasteiger partial charge < -0.3 is 10.2 Å². The minimum Gasteiger partial charge on any atom is -0.355 e. The van der Waals surface area contributed by atoms with Crippen LogP contribution in [0, 0.1) is 5.92 Å². The molecule has 2 amide bonds. The minimum atomic E-state index is -0.323. The molecule has 28 heavy (non-hydrogen) atoms. The lowest BCUT2D eigenvalue weighted by Crippen LogP contribution is -2.38. The Hall–Kier alpha value is -2.32. The highest BCUT2D eigenvalue weighted by molar-refractivity contribution is 7.15. The van der Waals surface area contributed by atoms with Crippen molar-refractivity contribution < 1.29 is 9.59 Å². The Morgan fingerprint density at radius 3 is 2.79 bits per heavy atom. The fourth-order valence-electron chi connectivity index (χ4n) is 3.16. The number of likely N-dealkylation sites (N-methyl/N-ethyl adjacent to an activating group) is 1. The Labute approximate surface area is 169 Å². The van der Waals surface area contributed by atoms with Crippen molar-refractivity contribution in [2.75, 3.05) is 38.1 Å². The van der Waals surface area contributed by atoms with Gasteiger partial charge >= 0.3 is 0 Å². The van der Waals surface area contributed by atoms with E-state index in [1.165, 1.54) is 16.9 Å². The molecular weight excluding hydrogens is 374 g/mol. The fourth-order valence-corrected chi connectivity index (χ4v) is 3.96. The zero-order chi connectivity index (χ0) is 19.9. The topological polar surface area (TPSA) is 78.4 Å². The van der Waals surface area contributed by atoms with Crippen LogP contribution in [0.3, 0.4) is 0 Å². The lowest BCUT2D eigenvalue weighted by Gasteiger charge is -2.18. The van der Waals surface area contributed by atoms with Gasteiger partial charge in [-0.3, -0.25) is 14.5 Å². The number of carbonyl (C=O) groups excluding carboxylic acids is 2. The van der Waals surface area contributed by atoms with E-state index in [-0.39, 0.29) is 24.2 Å². The smallest absolute Gasteiger partial charge is 0.229 e. The highest BCUT2D eigenvalue weighted by atomic mass is 32.1. The van der Waals surface area contributed by atoms with Gasteiger partial charge in [0.1, 0.15) is 5.01 Å². The molecule has 150 valence electrons. The van der Waals surface area contributed by atoms with Crippen LogP contribution in [0.5, 0.6) is 0 Å². The molecule has 0 aliphatic carbocycles. The van der Waals surface area contributed by atoms with Gasteiger partial charge in [0.05, 0.1) is 5.92 Å². The molecule has 7 nitrogen and oxygen atoms in total. The average Bonchev–Trinajstić information content (AvgIpc) is 3.33. The second-order valence-electron chi connectivity index (χ2n) is 7.07. The van der Waals surface area contributed by atoms with Crippen LogP contribution in [0.2, 0.25) is 0 Å². The summed E-state index contributed by atoms with van der Waals surface area (Å²) in [7, 11) is 2.05. The van der Waals surface area contributed by atoms with Crippen LogP contribution in [-0.4, -0.2) is 60.1 Å². The van der Waals surface area contributed by atoms with Gasteiger partial charge in [0.15, 0.2) is 0 Å². The number of nitrogens with zero attached hydrogens (tertiary/aromatic N) is 4. The standard InChI is InChI=1S/C20H27N5O2S/c1-3-17-22-23-20(28-17)25-14-16(13-18(25)26)19(27)21-10-12-24(2)11-9-15-7-5-4-6-8-15/h4-8,16H,3,9-14H2,1-2H3,(H,21,27). The summed E-state index contributed by atoms with van der Waals surface area (Å²) in [5.74, 6) is -0.442. The number of rotatable bonds is 9. The van der Waals surface area contributed by atoms with Crippen molar-refractivity contribution in [1.29, 1.82) is 0 Å². The number of anilines is 1. The van der Waals surface area contributed by atoms with E-state index in [2.05, 4.69) is 39.6 Å². The molecule has 1 aromatic carbocycles. The van der Waals surface area contributed by atoms with Crippen molar-refractivity contribution in [1.82, 2.24) is 20.4 Å². The molecule has 0 saturated carbocycles. The van der Waals surface area contributed by atoms with E-state index in [0.717, 1.165) is 30.9 Å². The van der Waals surface area contributed by atoms with Gasteiger partial charge in [0.2, 0.25) is 16.9 Å². The Kier molecular flexibility index (Phi) is 7.11. The maximum atomic E-state index is 12.4. The van der Waals surface area contributed by atoms with Gasteiger partial charge in [0.25, 0.3) is 0 Å². The maximum Gasteiger partial charge on any atom is 0.229 e. The molecule has 1 aliphatic heterocycles. The summed E-state index contributed by atoms with van der Waals surface area (Å²) in [6, 6.07) is 10.4. The lowest BCUT2D eigenvalue weighted by molar-refractivity contribution is -0.126. The van der Waals surface area contributed by atoms with Crippen molar-refractivity contribution in [2.45, 2.75) is 26.2 Å². The highest BCUT2D eigenvalue weighted by Gasteiger charge is 2.36. The van der Waals surface area contributed by atoms with Gasteiger partial charge in [-0.05, 0) is 25.5 Å². The lowest BCUT2D eigenvalue weighted by atomic mass is 10.1. The molecule has 1 fully saturated rings. The second-order valence-corrected chi connectivity index (χ2v) is 8.11. The van der Waals surface area contributed by atoms with Gasteiger partial charge in [-0.15, -0.1) is 10.2 Å². The van der Waals surface area contributed by atoms with E-state index in [1.54, 1.807) is 4.90 Å². The Morgan fingerprint density at radius 2 is 2.07 bits per heavy atom. The largest absolute Gasteiger partial charge is 0.355 e. The molecular formula is C20H27N5O2S. The van der Waals surface area contributed by atoms with Gasteiger partial charge in [-0.2, -0.15) is 0 Å². The normalized spacial score (nSPS) is 16.8. The van der Waals surface area contributed by atoms with Gasteiger partial charge in [-0.25, -0.2) is 0 Å². The van der Waals surface area contributed by atoms with Crippen LogP contribution >= 0.6 is 11.3 Å². The molecule has 8 heteroatoms. The number of benzene rings is 1. The van der Waals surface area contributed by atoms with Crippen molar-refractivity contribution in [3.63, 3.8) is 0 Å². The average molecular weight is 402 g/mol. The number of aromatic nitrogens is 2. The van der Waals surface area contributed by atoms with Crippen LogP contribution in [0.4, 0.5) is 5.13 Å². The Bertz CT molecular complexity index is 795. The first-order valence-corrected chi connectivity index (χ1v) is 10.5. The molecule has 3 rings (SSSR count). The number of amides is 2. The third kappa shape index (κ3) is 5.36. The molecule has 1 unspecified atom stereocenters. The molecule has 1 N–H and O–H groups in total. The third-order valence-electron chi connectivity index (χ3n) is 4.90. The van der Waals surface area contributed by atoms with Crippen molar-refractivity contribution >= 4 is 28.3 Å². The molecule has 2 aromatic rings. The van der Waals surface area contributed by atoms with Crippen molar-refractivity contribution in [2.24, 2.45) is 5.92 Å². The molecule has 0 spiro atoms. The SMILES string of the molecule is CCc1nnc(N2CC(C(=O)NCCN(C)CCc3ccccc3)CC2=O)s1. The molecule has 0 radical (unpaired) electrons. The first kappa shape index (κ1) is 20.4. The number of hydrogen-bond acceptors (Lipinski definition) is 6. The summed E-state index contributed by atoms with van der Waals surface area (Å²) < 4.78 is 0. The maximum absolute atomic E-state index is 12.4. The monoisotopic (exact) mass is 401 g/mol. The number of hydrogen-bond donors (Lipinski definition) is 1. The Morgan fingerprint density at radius 1 is 1.29 bits per heavy atom. The van der Waals surface area contributed by atoms with E-state index in [9.17, 15) is 9.59 Å². The molecule has 1 saturated heterocycles. The van der Waals surface area contributed by atoms with Crippen LogP contribution in [0.15, 0.2) is 30.3 Å². The van der Waals surface area contributed by atoms with Crippen LogP contribution in [0.25, 0.3) is 0 Å². The number of aryl methyl sites for hydroxylation is 1. The van der Waals surface area contributed by atoms with E-state index in [4.69, 9.17) is 0 Å².